The standard InChI is InChI=1S/C15H24N4O/c1-3-9-16-15(20)13-10-14(18-11(2)17-13)19-12-7-5-4-6-8-12/h10,12H,3-9H2,1-2H3,(H,16,20)(H,17,18,19). The van der Waals surface area contributed by atoms with E-state index >= 15 is 0 Å². The van der Waals surface area contributed by atoms with Gasteiger partial charge in [-0.15, -0.1) is 0 Å². The summed E-state index contributed by atoms with van der Waals surface area (Å²) in [7, 11) is 0. The van der Waals surface area contributed by atoms with Gasteiger partial charge in [0.05, 0.1) is 0 Å². The van der Waals surface area contributed by atoms with E-state index in [0.717, 1.165) is 12.2 Å². The van der Waals surface area contributed by atoms with Crippen molar-refractivity contribution < 1.29 is 4.79 Å². The molecule has 0 unspecified atom stereocenters. The summed E-state index contributed by atoms with van der Waals surface area (Å²) in [4.78, 5) is 20.6. The van der Waals surface area contributed by atoms with Crippen LogP contribution in [-0.2, 0) is 0 Å². The van der Waals surface area contributed by atoms with Gasteiger partial charge >= 0.3 is 0 Å². The van der Waals surface area contributed by atoms with Gasteiger partial charge in [-0.25, -0.2) is 9.97 Å². The van der Waals surface area contributed by atoms with Crippen molar-refractivity contribution in [1.82, 2.24) is 15.3 Å². The first-order valence-corrected chi connectivity index (χ1v) is 7.59. The number of hydrogen-bond acceptors (Lipinski definition) is 4. The zero-order valence-electron chi connectivity index (χ0n) is 12.4. The van der Waals surface area contributed by atoms with Crippen LogP contribution >= 0.6 is 0 Å². The fraction of sp³-hybridized carbons (Fsp3) is 0.667. The van der Waals surface area contributed by atoms with Crippen LogP contribution in [0.2, 0.25) is 0 Å². The van der Waals surface area contributed by atoms with E-state index in [1.54, 1.807) is 6.07 Å². The molecule has 0 aliphatic heterocycles. The molecule has 110 valence electrons. The molecule has 1 amide bonds. The molecule has 1 heterocycles. The molecule has 20 heavy (non-hydrogen) atoms. The quantitative estimate of drug-likeness (QED) is 0.867. The first kappa shape index (κ1) is 14.8. The van der Waals surface area contributed by atoms with Crippen LogP contribution in [0.15, 0.2) is 6.07 Å². The van der Waals surface area contributed by atoms with Gasteiger partial charge in [0.1, 0.15) is 17.3 Å². The summed E-state index contributed by atoms with van der Waals surface area (Å²) >= 11 is 0. The van der Waals surface area contributed by atoms with Crippen molar-refractivity contribution in [3.05, 3.63) is 17.6 Å². The highest BCUT2D eigenvalue weighted by atomic mass is 16.1. The van der Waals surface area contributed by atoms with Crippen LogP contribution in [0.3, 0.4) is 0 Å². The van der Waals surface area contributed by atoms with Gasteiger partial charge in [-0.3, -0.25) is 4.79 Å². The van der Waals surface area contributed by atoms with E-state index in [1.807, 2.05) is 13.8 Å². The number of anilines is 1. The molecule has 0 spiro atoms. The van der Waals surface area contributed by atoms with E-state index in [0.29, 0.717) is 24.1 Å². The van der Waals surface area contributed by atoms with Gasteiger partial charge in [0.25, 0.3) is 5.91 Å². The summed E-state index contributed by atoms with van der Waals surface area (Å²) in [5, 5.41) is 6.29. The molecule has 0 saturated heterocycles. The van der Waals surface area contributed by atoms with Gasteiger partial charge in [0, 0.05) is 18.7 Å². The maximum atomic E-state index is 12.0. The van der Waals surface area contributed by atoms with Crippen LogP contribution in [0.5, 0.6) is 0 Å². The molecule has 2 N–H and O–H groups in total. The molecule has 0 bridgehead atoms. The number of amides is 1. The SMILES string of the molecule is CCCNC(=O)c1cc(NC2CCCCC2)nc(C)n1. The predicted molar refractivity (Wildman–Crippen MR) is 79.9 cm³/mol. The van der Waals surface area contributed by atoms with Crippen LogP contribution in [0.1, 0.15) is 61.8 Å². The Morgan fingerprint density at radius 2 is 2.05 bits per heavy atom. The molecule has 0 radical (unpaired) electrons. The third kappa shape index (κ3) is 4.18. The van der Waals surface area contributed by atoms with Gasteiger partial charge in [-0.1, -0.05) is 26.2 Å². The molecule has 1 aromatic rings. The predicted octanol–water partition coefficient (Wildman–Crippen LogP) is 2.67. The van der Waals surface area contributed by atoms with Crippen molar-refractivity contribution in [2.75, 3.05) is 11.9 Å². The molecule has 1 fully saturated rings. The molecular formula is C15H24N4O. The highest BCUT2D eigenvalue weighted by Crippen LogP contribution is 2.21. The summed E-state index contributed by atoms with van der Waals surface area (Å²) in [6.45, 7) is 4.53. The van der Waals surface area contributed by atoms with Gasteiger partial charge in [-0.05, 0) is 26.2 Å². The Kier molecular flexibility index (Phi) is 5.32. The van der Waals surface area contributed by atoms with Crippen LogP contribution in [0.4, 0.5) is 5.82 Å². The average molecular weight is 276 g/mol. The number of nitrogens with zero attached hydrogens (tertiary/aromatic N) is 2. The molecule has 5 heteroatoms. The molecule has 2 rings (SSSR count). The second-order valence-electron chi connectivity index (χ2n) is 5.42. The number of carbonyl (C=O) groups is 1. The van der Waals surface area contributed by atoms with Crippen LogP contribution in [0, 0.1) is 6.92 Å². The van der Waals surface area contributed by atoms with Crippen molar-refractivity contribution >= 4 is 11.7 Å². The summed E-state index contributed by atoms with van der Waals surface area (Å²) < 4.78 is 0. The molecule has 1 saturated carbocycles. The van der Waals surface area contributed by atoms with E-state index in [2.05, 4.69) is 20.6 Å². The Morgan fingerprint density at radius 1 is 1.30 bits per heavy atom. The molecule has 1 aliphatic rings. The lowest BCUT2D eigenvalue weighted by molar-refractivity contribution is 0.0948. The number of rotatable bonds is 5. The minimum Gasteiger partial charge on any atom is -0.367 e. The summed E-state index contributed by atoms with van der Waals surface area (Å²) in [5.41, 5.74) is 0.448. The Bertz CT molecular complexity index is 455. The zero-order valence-corrected chi connectivity index (χ0v) is 12.4. The third-order valence-corrected chi connectivity index (χ3v) is 3.56. The van der Waals surface area contributed by atoms with Gasteiger partial charge < -0.3 is 10.6 Å². The van der Waals surface area contributed by atoms with Crippen molar-refractivity contribution in [3.63, 3.8) is 0 Å². The van der Waals surface area contributed by atoms with Crippen LogP contribution in [-0.4, -0.2) is 28.5 Å². The lowest BCUT2D eigenvalue weighted by Gasteiger charge is -2.23. The molecule has 1 aliphatic carbocycles. The monoisotopic (exact) mass is 276 g/mol. The van der Waals surface area contributed by atoms with E-state index in [-0.39, 0.29) is 5.91 Å². The number of aromatic nitrogens is 2. The maximum Gasteiger partial charge on any atom is 0.270 e. The maximum absolute atomic E-state index is 12.0. The Hall–Kier alpha value is -1.65. The molecule has 0 aromatic carbocycles. The first-order valence-electron chi connectivity index (χ1n) is 7.59. The first-order chi connectivity index (χ1) is 9.69. The molecule has 0 atom stereocenters. The van der Waals surface area contributed by atoms with E-state index < -0.39 is 0 Å². The normalized spacial score (nSPS) is 15.9. The minimum absolute atomic E-state index is 0.121. The fourth-order valence-corrected chi connectivity index (χ4v) is 2.54. The van der Waals surface area contributed by atoms with Gasteiger partial charge in [-0.2, -0.15) is 0 Å². The average Bonchev–Trinajstić information content (AvgIpc) is 2.45. The molecule has 1 aromatic heterocycles. The number of aryl methyl sites for hydroxylation is 1. The highest BCUT2D eigenvalue weighted by molar-refractivity contribution is 5.92. The summed E-state index contributed by atoms with van der Waals surface area (Å²) in [6, 6.07) is 2.23. The minimum atomic E-state index is -0.121. The topological polar surface area (TPSA) is 66.9 Å². The Labute approximate surface area is 120 Å². The van der Waals surface area contributed by atoms with Gasteiger partial charge in [0.15, 0.2) is 0 Å². The number of carbonyl (C=O) groups excluding carboxylic acids is 1. The van der Waals surface area contributed by atoms with E-state index in [9.17, 15) is 4.79 Å². The smallest absolute Gasteiger partial charge is 0.270 e. The lowest BCUT2D eigenvalue weighted by atomic mass is 9.95. The number of nitrogens with one attached hydrogen (secondary N) is 2. The van der Waals surface area contributed by atoms with E-state index in [1.165, 1.54) is 32.1 Å². The highest BCUT2D eigenvalue weighted by Gasteiger charge is 2.15. The van der Waals surface area contributed by atoms with E-state index in [4.69, 9.17) is 0 Å². The Balaban J connectivity index is 2.05. The lowest BCUT2D eigenvalue weighted by Crippen LogP contribution is -2.27. The molecular weight excluding hydrogens is 252 g/mol. The zero-order chi connectivity index (χ0) is 14.4. The van der Waals surface area contributed by atoms with Crippen molar-refractivity contribution in [1.29, 1.82) is 0 Å². The van der Waals surface area contributed by atoms with Crippen molar-refractivity contribution in [2.45, 2.75) is 58.4 Å². The second kappa shape index (κ2) is 7.22. The molecule has 5 nitrogen and oxygen atoms in total. The fourth-order valence-electron chi connectivity index (χ4n) is 2.54. The summed E-state index contributed by atoms with van der Waals surface area (Å²) in [6.07, 6.45) is 7.15. The largest absolute Gasteiger partial charge is 0.367 e. The second-order valence-corrected chi connectivity index (χ2v) is 5.42. The Morgan fingerprint density at radius 3 is 2.75 bits per heavy atom. The summed E-state index contributed by atoms with van der Waals surface area (Å²) in [5.74, 6) is 1.28. The third-order valence-electron chi connectivity index (χ3n) is 3.56. The van der Waals surface area contributed by atoms with Crippen molar-refractivity contribution in [3.8, 4) is 0 Å². The van der Waals surface area contributed by atoms with Gasteiger partial charge in [0.2, 0.25) is 0 Å². The van der Waals surface area contributed by atoms with Crippen molar-refractivity contribution in [2.24, 2.45) is 0 Å². The number of hydrogen-bond donors (Lipinski definition) is 2. The van der Waals surface area contributed by atoms with Crippen LogP contribution in [0.25, 0.3) is 0 Å². The van der Waals surface area contributed by atoms with Crippen LogP contribution < -0.4 is 10.6 Å².